The molecule has 0 aliphatic carbocycles. The topological polar surface area (TPSA) is 243 Å². The number of benzene rings is 1. The summed E-state index contributed by atoms with van der Waals surface area (Å²) in [5.41, 5.74) is 0.181. The van der Waals surface area contributed by atoms with Gasteiger partial charge in [0.15, 0.2) is 17.0 Å². The molecule has 20 nitrogen and oxygen atoms in total. The van der Waals surface area contributed by atoms with Gasteiger partial charge in [0.05, 0.1) is 25.5 Å². The molecule has 5 heterocycles. The molecule has 3 aromatic heterocycles. The molecule has 4 aromatic rings. The number of rotatable bonds is 17. The van der Waals surface area contributed by atoms with Gasteiger partial charge < -0.3 is 43.3 Å². The third kappa shape index (κ3) is 9.76. The van der Waals surface area contributed by atoms with Crippen molar-refractivity contribution >= 4 is 40.6 Å². The van der Waals surface area contributed by atoms with Crippen LogP contribution in [-0.4, -0.2) is 111 Å². The quantitative estimate of drug-likeness (QED) is 0.0873. The van der Waals surface area contributed by atoms with Gasteiger partial charge in [-0.3, -0.25) is 28.5 Å². The van der Waals surface area contributed by atoms with E-state index in [-0.39, 0.29) is 75.4 Å². The highest BCUT2D eigenvalue weighted by atomic mass is 16.7. The highest BCUT2D eigenvalue weighted by molar-refractivity contribution is 6.06. The van der Waals surface area contributed by atoms with E-state index in [1.807, 2.05) is 0 Å². The van der Waals surface area contributed by atoms with Crippen LogP contribution in [0.5, 0.6) is 0 Å². The number of nitrogens with one attached hydrogen (secondary N) is 2. The number of ether oxygens (including phenoxy) is 7. The summed E-state index contributed by atoms with van der Waals surface area (Å²) in [6, 6.07) is 8.63. The van der Waals surface area contributed by atoms with Crippen molar-refractivity contribution in [3.63, 3.8) is 0 Å². The standard InChI is InChI=1S/C36H41N7O13/c1-20-13-42(36(49)41-34(20)47)27-11-23(26(55-27)15-52-29(45)10-9-21(2)44)53-19-51-14-25-24(56-30(46)16-50-3)12-28(54-25)43-18-39-31-32(37-17-38-33(31)43)40-35(48)22-7-5-4-6-8-22/h4-8,13,17-18,23-28H,9-12,14-16,19H2,1-3H3,(H,41,47,49)(H,37,38,40,48)/t23-,24-,25+,26+,27+,28+/m0/s1. The molecule has 0 saturated carbocycles. The van der Waals surface area contributed by atoms with Crippen LogP contribution >= 0.6 is 0 Å². The predicted molar refractivity (Wildman–Crippen MR) is 191 cm³/mol. The molecule has 0 unspecified atom stereocenters. The number of amides is 1. The fourth-order valence-electron chi connectivity index (χ4n) is 6.21. The largest absolute Gasteiger partial charge is 0.463 e. The lowest BCUT2D eigenvalue weighted by molar-refractivity contribution is -0.166. The lowest BCUT2D eigenvalue weighted by atomic mass is 10.2. The number of imidazole rings is 1. The molecular formula is C36H41N7O13. The lowest BCUT2D eigenvalue weighted by Crippen LogP contribution is -2.34. The van der Waals surface area contributed by atoms with Gasteiger partial charge in [-0.2, -0.15) is 0 Å². The number of aromatic amines is 1. The second-order valence-corrected chi connectivity index (χ2v) is 13.1. The average Bonchev–Trinajstić information content (AvgIpc) is 3.91. The average molecular weight is 780 g/mol. The zero-order valence-electron chi connectivity index (χ0n) is 30.8. The van der Waals surface area contributed by atoms with Crippen LogP contribution in [0.2, 0.25) is 0 Å². The van der Waals surface area contributed by atoms with Gasteiger partial charge in [-0.1, -0.05) is 18.2 Å². The van der Waals surface area contributed by atoms with Crippen molar-refractivity contribution < 1.29 is 52.3 Å². The Morgan fingerprint density at radius 3 is 2.41 bits per heavy atom. The van der Waals surface area contributed by atoms with Gasteiger partial charge in [0, 0.05) is 43.7 Å². The van der Waals surface area contributed by atoms with Gasteiger partial charge in [0.1, 0.15) is 62.9 Å². The first kappa shape index (κ1) is 40.0. The summed E-state index contributed by atoms with van der Waals surface area (Å²) >= 11 is 0. The van der Waals surface area contributed by atoms with Crippen LogP contribution in [0.3, 0.4) is 0 Å². The summed E-state index contributed by atoms with van der Waals surface area (Å²) in [6.07, 6.45) is -0.331. The number of nitrogens with zero attached hydrogens (tertiary/aromatic N) is 5. The van der Waals surface area contributed by atoms with E-state index in [1.54, 1.807) is 41.8 Å². The molecule has 2 aliphatic rings. The van der Waals surface area contributed by atoms with Crippen LogP contribution < -0.4 is 16.6 Å². The molecule has 2 fully saturated rings. The molecule has 20 heteroatoms. The van der Waals surface area contributed by atoms with Gasteiger partial charge in [-0.05, 0) is 26.0 Å². The van der Waals surface area contributed by atoms with Crippen LogP contribution in [-0.2, 0) is 47.5 Å². The van der Waals surface area contributed by atoms with Crippen molar-refractivity contribution in [2.75, 3.05) is 39.0 Å². The van der Waals surface area contributed by atoms with Crippen molar-refractivity contribution in [1.82, 2.24) is 29.1 Å². The summed E-state index contributed by atoms with van der Waals surface area (Å²) < 4.78 is 43.1. The Hall–Kier alpha value is -5.67. The second kappa shape index (κ2) is 18.3. The molecule has 2 saturated heterocycles. The van der Waals surface area contributed by atoms with Crippen LogP contribution in [0.4, 0.5) is 5.82 Å². The Balaban J connectivity index is 1.11. The molecule has 6 rings (SSSR count). The number of methoxy groups -OCH3 is 1. The number of carbonyl (C=O) groups excluding carboxylic acids is 4. The van der Waals surface area contributed by atoms with E-state index in [0.29, 0.717) is 16.7 Å². The number of carbonyl (C=O) groups is 4. The van der Waals surface area contributed by atoms with Crippen molar-refractivity contribution in [2.24, 2.45) is 0 Å². The highest BCUT2D eigenvalue weighted by Gasteiger charge is 2.41. The van der Waals surface area contributed by atoms with E-state index >= 15 is 0 Å². The Morgan fingerprint density at radius 1 is 0.929 bits per heavy atom. The van der Waals surface area contributed by atoms with E-state index in [0.717, 1.165) is 0 Å². The van der Waals surface area contributed by atoms with Crippen molar-refractivity contribution in [3.05, 3.63) is 81.1 Å². The van der Waals surface area contributed by atoms with Crippen molar-refractivity contribution in [3.8, 4) is 0 Å². The molecule has 6 atom stereocenters. The normalized spacial score (nSPS) is 21.9. The zero-order valence-corrected chi connectivity index (χ0v) is 30.8. The smallest absolute Gasteiger partial charge is 0.332 e. The number of hydrogen-bond donors (Lipinski definition) is 2. The maximum absolute atomic E-state index is 12.8. The zero-order chi connectivity index (χ0) is 39.8. The van der Waals surface area contributed by atoms with Gasteiger partial charge in [-0.15, -0.1) is 0 Å². The van der Waals surface area contributed by atoms with Crippen LogP contribution in [0, 0.1) is 6.92 Å². The first-order chi connectivity index (χ1) is 27.0. The van der Waals surface area contributed by atoms with Crippen molar-refractivity contribution in [1.29, 1.82) is 0 Å². The SMILES string of the molecule is COCC(=O)O[C@H]1C[C@H](n2cnc3c(NC(=O)c4ccccc4)ncnc32)O[C@@H]1COCO[C@H]1C[C@H](n2cc(C)c(=O)[nH]c2=O)O[C@@H]1COC(=O)CCC(C)=O. The molecule has 1 aromatic carbocycles. The van der Waals surface area contributed by atoms with Crippen LogP contribution in [0.1, 0.15) is 61.0 Å². The number of Topliss-reactive ketones (excluding diaryl/α,β-unsaturated/α-hetero) is 1. The van der Waals surface area contributed by atoms with Gasteiger partial charge in [-0.25, -0.2) is 24.5 Å². The van der Waals surface area contributed by atoms with Gasteiger partial charge in [0.25, 0.3) is 11.5 Å². The number of anilines is 1. The molecule has 0 radical (unpaired) electrons. The van der Waals surface area contributed by atoms with Gasteiger partial charge in [0.2, 0.25) is 0 Å². The minimum Gasteiger partial charge on any atom is -0.463 e. The summed E-state index contributed by atoms with van der Waals surface area (Å²) in [4.78, 5) is 88.7. The molecule has 56 heavy (non-hydrogen) atoms. The fourth-order valence-corrected chi connectivity index (χ4v) is 6.21. The summed E-state index contributed by atoms with van der Waals surface area (Å²) in [5.74, 6) is -1.56. The number of aromatic nitrogens is 6. The number of esters is 2. The summed E-state index contributed by atoms with van der Waals surface area (Å²) in [6.45, 7) is 1.99. The number of hydrogen-bond acceptors (Lipinski definition) is 16. The number of H-pyrrole nitrogens is 1. The Kier molecular flexibility index (Phi) is 13.1. The third-order valence-electron chi connectivity index (χ3n) is 9.04. The van der Waals surface area contributed by atoms with Crippen molar-refractivity contribution in [2.45, 2.75) is 76.4 Å². The maximum Gasteiger partial charge on any atom is 0.332 e. The molecule has 0 bridgehead atoms. The molecule has 2 N–H and O–H groups in total. The first-order valence-electron chi connectivity index (χ1n) is 17.7. The first-order valence-corrected chi connectivity index (χ1v) is 17.7. The molecule has 298 valence electrons. The highest BCUT2D eigenvalue weighted by Crippen LogP contribution is 2.34. The fraction of sp³-hybridized carbons (Fsp3) is 0.472. The number of aryl methyl sites for hydroxylation is 1. The Morgan fingerprint density at radius 2 is 1.66 bits per heavy atom. The van der Waals surface area contributed by atoms with E-state index < -0.39 is 60.1 Å². The number of fused-ring (bicyclic) bond motifs is 1. The molecule has 0 spiro atoms. The molecular weight excluding hydrogens is 738 g/mol. The lowest BCUT2D eigenvalue weighted by Gasteiger charge is -2.21. The van der Waals surface area contributed by atoms with Crippen LogP contribution in [0.25, 0.3) is 11.2 Å². The van der Waals surface area contributed by atoms with E-state index in [9.17, 15) is 28.8 Å². The second-order valence-electron chi connectivity index (χ2n) is 13.1. The van der Waals surface area contributed by atoms with E-state index in [1.165, 1.54) is 37.5 Å². The summed E-state index contributed by atoms with van der Waals surface area (Å²) in [7, 11) is 1.37. The molecule has 2 aliphatic heterocycles. The van der Waals surface area contributed by atoms with Crippen LogP contribution in [0.15, 0.2) is 58.8 Å². The summed E-state index contributed by atoms with van der Waals surface area (Å²) in [5, 5.41) is 2.77. The minimum atomic E-state index is -0.867. The van der Waals surface area contributed by atoms with Gasteiger partial charge >= 0.3 is 17.6 Å². The maximum atomic E-state index is 12.8. The number of ketones is 1. The van der Waals surface area contributed by atoms with E-state index in [2.05, 4.69) is 25.3 Å². The Labute approximate surface area is 318 Å². The minimum absolute atomic E-state index is 0.0253. The molecule has 1 amide bonds. The Bertz CT molecular complexity index is 2150. The van der Waals surface area contributed by atoms with E-state index in [4.69, 9.17) is 33.2 Å². The third-order valence-corrected chi connectivity index (χ3v) is 9.04. The predicted octanol–water partition coefficient (Wildman–Crippen LogP) is 1.34. The monoisotopic (exact) mass is 779 g/mol.